The van der Waals surface area contributed by atoms with Crippen LogP contribution >= 0.6 is 0 Å². The fraction of sp³-hybridized carbons (Fsp3) is 1.00. The Kier molecular flexibility index (Phi) is 5.02. The van der Waals surface area contributed by atoms with Crippen molar-refractivity contribution in [2.45, 2.75) is 26.7 Å². The lowest BCUT2D eigenvalue weighted by atomic mass is 10.2. The van der Waals surface area contributed by atoms with Gasteiger partial charge in [-0.1, -0.05) is 6.92 Å². The van der Waals surface area contributed by atoms with Crippen molar-refractivity contribution in [2.75, 3.05) is 31.9 Å². The van der Waals surface area contributed by atoms with Gasteiger partial charge in [0, 0.05) is 13.1 Å². The molecular weight excluding hydrogens is 212 g/mol. The summed E-state index contributed by atoms with van der Waals surface area (Å²) in [7, 11) is -3.02. The van der Waals surface area contributed by atoms with E-state index in [1.807, 2.05) is 0 Å². The van der Waals surface area contributed by atoms with Crippen molar-refractivity contribution >= 4 is 10.0 Å². The quantitative estimate of drug-likeness (QED) is 0.734. The van der Waals surface area contributed by atoms with E-state index >= 15 is 0 Å². The van der Waals surface area contributed by atoms with Gasteiger partial charge in [0.25, 0.3) is 0 Å². The number of hydrogen-bond acceptors (Lipinski definition) is 3. The van der Waals surface area contributed by atoms with Crippen LogP contribution in [0.3, 0.4) is 0 Å². The van der Waals surface area contributed by atoms with Crippen LogP contribution in [-0.2, 0) is 10.0 Å². The Morgan fingerprint density at radius 2 is 1.93 bits per heavy atom. The first kappa shape index (κ1) is 12.9. The van der Waals surface area contributed by atoms with E-state index < -0.39 is 10.0 Å². The van der Waals surface area contributed by atoms with E-state index in [1.54, 1.807) is 6.92 Å². The van der Waals surface area contributed by atoms with Gasteiger partial charge < -0.3 is 4.90 Å². The van der Waals surface area contributed by atoms with Gasteiger partial charge in [-0.25, -0.2) is 13.1 Å². The Balaban J connectivity index is 2.20. The standard InChI is InChI=1S/C10H22N2O2S/c1-3-15(13,14)11-8-10(2)9-12-6-4-5-7-12/h10-11H,3-9H2,1-2H3. The molecule has 0 aromatic heterocycles. The van der Waals surface area contributed by atoms with Gasteiger partial charge in [0.1, 0.15) is 0 Å². The van der Waals surface area contributed by atoms with Gasteiger partial charge in [-0.3, -0.25) is 0 Å². The molecule has 1 atom stereocenters. The maximum absolute atomic E-state index is 11.2. The van der Waals surface area contributed by atoms with Gasteiger partial charge in [-0.2, -0.15) is 0 Å². The Hall–Kier alpha value is -0.130. The van der Waals surface area contributed by atoms with E-state index in [0.29, 0.717) is 12.5 Å². The third kappa shape index (κ3) is 4.95. The molecule has 15 heavy (non-hydrogen) atoms. The predicted octanol–water partition coefficient (Wildman–Crippen LogP) is 0.658. The van der Waals surface area contributed by atoms with Gasteiger partial charge in [0.15, 0.2) is 0 Å². The summed E-state index contributed by atoms with van der Waals surface area (Å²) in [6.07, 6.45) is 2.57. The lowest BCUT2D eigenvalue weighted by molar-refractivity contribution is 0.288. The summed E-state index contributed by atoms with van der Waals surface area (Å²) in [4.78, 5) is 2.41. The molecule has 1 rings (SSSR count). The van der Waals surface area contributed by atoms with Crippen LogP contribution in [0.1, 0.15) is 26.7 Å². The second-order valence-electron chi connectivity index (χ2n) is 4.36. The Labute approximate surface area is 93.1 Å². The normalized spacial score (nSPS) is 20.7. The van der Waals surface area contributed by atoms with E-state index in [2.05, 4.69) is 16.5 Å². The molecular formula is C10H22N2O2S. The number of nitrogens with zero attached hydrogens (tertiary/aromatic N) is 1. The summed E-state index contributed by atoms with van der Waals surface area (Å²) in [6.45, 7) is 7.67. The summed E-state index contributed by atoms with van der Waals surface area (Å²) in [5, 5.41) is 0. The van der Waals surface area contributed by atoms with E-state index in [-0.39, 0.29) is 5.75 Å². The van der Waals surface area contributed by atoms with Crippen molar-refractivity contribution in [3.05, 3.63) is 0 Å². The second-order valence-corrected chi connectivity index (χ2v) is 6.46. The van der Waals surface area contributed by atoms with Gasteiger partial charge in [-0.15, -0.1) is 0 Å². The molecule has 0 aliphatic carbocycles. The molecule has 0 amide bonds. The van der Waals surface area contributed by atoms with Gasteiger partial charge in [0.05, 0.1) is 5.75 Å². The summed E-state index contributed by atoms with van der Waals surface area (Å²) in [6, 6.07) is 0. The zero-order chi connectivity index (χ0) is 11.3. The van der Waals surface area contributed by atoms with Gasteiger partial charge in [0.2, 0.25) is 10.0 Å². The summed E-state index contributed by atoms with van der Waals surface area (Å²) in [5.41, 5.74) is 0. The Bertz CT molecular complexity index is 271. The van der Waals surface area contributed by atoms with Gasteiger partial charge >= 0.3 is 0 Å². The maximum Gasteiger partial charge on any atom is 0.211 e. The molecule has 0 aromatic carbocycles. The average Bonchev–Trinajstić information content (AvgIpc) is 2.68. The summed E-state index contributed by atoms with van der Waals surface area (Å²) in [5.74, 6) is 0.563. The molecule has 5 heteroatoms. The lowest BCUT2D eigenvalue weighted by Crippen LogP contribution is -2.35. The van der Waals surface area contributed by atoms with Crippen LogP contribution in [0.25, 0.3) is 0 Å². The van der Waals surface area contributed by atoms with Crippen molar-refractivity contribution in [1.29, 1.82) is 0 Å². The van der Waals surface area contributed by atoms with E-state index in [4.69, 9.17) is 0 Å². The van der Waals surface area contributed by atoms with Crippen LogP contribution in [0.2, 0.25) is 0 Å². The molecule has 1 aliphatic rings. The lowest BCUT2D eigenvalue weighted by Gasteiger charge is -2.20. The first-order chi connectivity index (χ1) is 7.03. The molecule has 1 N–H and O–H groups in total. The first-order valence-electron chi connectivity index (χ1n) is 5.73. The molecule has 1 heterocycles. The fourth-order valence-corrected chi connectivity index (χ4v) is 2.58. The molecule has 4 nitrogen and oxygen atoms in total. The van der Waals surface area contributed by atoms with E-state index in [9.17, 15) is 8.42 Å². The highest BCUT2D eigenvalue weighted by Crippen LogP contribution is 2.09. The molecule has 1 fully saturated rings. The van der Waals surface area contributed by atoms with Crippen LogP contribution in [0, 0.1) is 5.92 Å². The van der Waals surface area contributed by atoms with Crippen LogP contribution in [0.4, 0.5) is 0 Å². The molecule has 90 valence electrons. The zero-order valence-electron chi connectivity index (χ0n) is 9.70. The van der Waals surface area contributed by atoms with Crippen LogP contribution in [0.5, 0.6) is 0 Å². The molecule has 0 aromatic rings. The minimum atomic E-state index is -3.02. The second kappa shape index (κ2) is 5.82. The molecule has 1 unspecified atom stereocenters. The third-order valence-electron chi connectivity index (χ3n) is 2.80. The average molecular weight is 234 g/mol. The van der Waals surface area contributed by atoms with Crippen molar-refractivity contribution in [3.63, 3.8) is 0 Å². The number of sulfonamides is 1. The largest absolute Gasteiger partial charge is 0.303 e. The number of nitrogens with one attached hydrogen (secondary N) is 1. The zero-order valence-corrected chi connectivity index (χ0v) is 10.5. The van der Waals surface area contributed by atoms with Crippen LogP contribution in [0.15, 0.2) is 0 Å². The van der Waals surface area contributed by atoms with Crippen molar-refractivity contribution in [1.82, 2.24) is 9.62 Å². The summed E-state index contributed by atoms with van der Waals surface area (Å²) < 4.78 is 25.1. The van der Waals surface area contributed by atoms with Crippen molar-refractivity contribution < 1.29 is 8.42 Å². The smallest absolute Gasteiger partial charge is 0.211 e. The minimum Gasteiger partial charge on any atom is -0.303 e. The number of rotatable bonds is 6. The molecule has 0 spiro atoms. The van der Waals surface area contributed by atoms with E-state index in [1.165, 1.54) is 25.9 Å². The maximum atomic E-state index is 11.2. The summed E-state index contributed by atoms with van der Waals surface area (Å²) >= 11 is 0. The highest BCUT2D eigenvalue weighted by atomic mass is 32.2. The molecule has 0 saturated carbocycles. The highest BCUT2D eigenvalue weighted by molar-refractivity contribution is 7.89. The van der Waals surface area contributed by atoms with Gasteiger partial charge in [-0.05, 0) is 38.8 Å². The third-order valence-corrected chi connectivity index (χ3v) is 4.17. The first-order valence-corrected chi connectivity index (χ1v) is 7.38. The van der Waals surface area contributed by atoms with Crippen LogP contribution in [-0.4, -0.2) is 45.2 Å². The monoisotopic (exact) mass is 234 g/mol. The molecule has 0 radical (unpaired) electrons. The Morgan fingerprint density at radius 1 is 1.33 bits per heavy atom. The minimum absolute atomic E-state index is 0.170. The predicted molar refractivity (Wildman–Crippen MR) is 62.3 cm³/mol. The Morgan fingerprint density at radius 3 is 2.47 bits per heavy atom. The van der Waals surface area contributed by atoms with Crippen molar-refractivity contribution in [2.24, 2.45) is 5.92 Å². The fourth-order valence-electron chi connectivity index (χ4n) is 1.84. The van der Waals surface area contributed by atoms with Crippen molar-refractivity contribution in [3.8, 4) is 0 Å². The SMILES string of the molecule is CCS(=O)(=O)NCC(C)CN1CCCC1. The number of likely N-dealkylation sites (tertiary alicyclic amines) is 1. The molecule has 1 aliphatic heterocycles. The van der Waals surface area contributed by atoms with E-state index in [0.717, 1.165) is 6.54 Å². The highest BCUT2D eigenvalue weighted by Gasteiger charge is 2.15. The van der Waals surface area contributed by atoms with Crippen LogP contribution < -0.4 is 4.72 Å². The number of hydrogen-bond donors (Lipinski definition) is 1. The molecule has 0 bridgehead atoms. The topological polar surface area (TPSA) is 49.4 Å². The molecule has 1 saturated heterocycles.